The van der Waals surface area contributed by atoms with Crippen LogP contribution in [0.4, 0.5) is 4.79 Å². The fraction of sp³-hybridized carbons (Fsp3) is 0.710. The highest BCUT2D eigenvalue weighted by Crippen LogP contribution is 2.50. The summed E-state index contributed by atoms with van der Waals surface area (Å²) in [5.74, 6) is -3.00. The van der Waals surface area contributed by atoms with Gasteiger partial charge in [0.25, 0.3) is 11.8 Å². The molecule has 3 fully saturated rings. The Bertz CT molecular complexity index is 1180. The first-order chi connectivity index (χ1) is 21.4. The maximum atomic E-state index is 14.4. The molecule has 0 radical (unpaired) electrons. The molecular weight excluding hydrogens is 620 g/mol. The third-order valence-electron chi connectivity index (χ3n) is 8.43. The summed E-state index contributed by atoms with van der Waals surface area (Å²) >= 11 is 3.41. The second-order valence-electron chi connectivity index (χ2n) is 12.1. The molecule has 0 aromatic rings. The van der Waals surface area contributed by atoms with Crippen molar-refractivity contribution in [2.45, 2.75) is 94.7 Å². The van der Waals surface area contributed by atoms with Crippen molar-refractivity contribution < 1.29 is 38.6 Å². The molecule has 3 rings (SSSR count). The Balaban J connectivity index is 1.89. The van der Waals surface area contributed by atoms with Crippen LogP contribution in [0.25, 0.3) is 0 Å². The zero-order chi connectivity index (χ0) is 33.1. The number of aliphatic carboxylic acids is 1. The molecule has 3 aliphatic rings. The molecule has 1 spiro atoms. The summed E-state index contributed by atoms with van der Waals surface area (Å²) in [7, 11) is 0. The van der Waals surface area contributed by atoms with E-state index >= 15 is 0 Å². The van der Waals surface area contributed by atoms with Gasteiger partial charge < -0.3 is 25.4 Å². The standard InChI is InChI=1S/C31H46N4O8S2/c1-5-10-22(26(38)28(40)32-16-24(36)37)33-27(39)23-15-31(44-13-9-14-45-31)18-35(23)29(41)25(21-11-7-6-8-12-21)34-30(42)43-17-20(4)19(2)3/h20-23H,2,5-18H2,1,3-4H3,(H,32,40)(H,33,39)(H,36,37)/b34-25+/t20?,22?,23-/m0/s1. The lowest BCUT2D eigenvalue weighted by Gasteiger charge is -2.32. The van der Waals surface area contributed by atoms with E-state index in [9.17, 15) is 28.8 Å². The van der Waals surface area contributed by atoms with Crippen LogP contribution in [0.15, 0.2) is 17.1 Å². The van der Waals surface area contributed by atoms with Gasteiger partial charge in [-0.3, -0.25) is 24.0 Å². The number of Topliss-reactive ketones (excluding diaryl/α,β-unsaturated/α-hetero) is 1. The summed E-state index contributed by atoms with van der Waals surface area (Å²) in [5, 5.41) is 13.6. The van der Waals surface area contributed by atoms with Gasteiger partial charge in [0, 0.05) is 24.8 Å². The maximum Gasteiger partial charge on any atom is 0.434 e. The van der Waals surface area contributed by atoms with Crippen LogP contribution in [-0.4, -0.2) is 98.7 Å². The van der Waals surface area contributed by atoms with E-state index < -0.39 is 58.3 Å². The number of ether oxygens (including phenoxy) is 1. The average molecular weight is 667 g/mol. The number of ketones is 1. The summed E-state index contributed by atoms with van der Waals surface area (Å²) in [6.45, 7) is 9.02. The first kappa shape index (κ1) is 36.6. The second kappa shape index (κ2) is 17.2. The minimum Gasteiger partial charge on any atom is -0.480 e. The lowest BCUT2D eigenvalue weighted by atomic mass is 9.85. The Morgan fingerprint density at radius 3 is 2.36 bits per heavy atom. The van der Waals surface area contributed by atoms with E-state index in [1.165, 1.54) is 4.90 Å². The van der Waals surface area contributed by atoms with Crippen LogP contribution >= 0.6 is 23.5 Å². The number of carbonyl (C=O) groups excluding carboxylic acids is 5. The predicted octanol–water partition coefficient (Wildman–Crippen LogP) is 3.58. The monoisotopic (exact) mass is 666 g/mol. The fourth-order valence-electron chi connectivity index (χ4n) is 5.65. The maximum absolute atomic E-state index is 14.4. The zero-order valence-corrected chi connectivity index (χ0v) is 28.1. The van der Waals surface area contributed by atoms with Crippen molar-refractivity contribution in [3.05, 3.63) is 12.2 Å². The molecule has 0 aromatic carbocycles. The second-order valence-corrected chi connectivity index (χ2v) is 15.3. The van der Waals surface area contributed by atoms with Crippen molar-refractivity contribution in [1.82, 2.24) is 15.5 Å². The number of likely N-dealkylation sites (tertiary alicyclic amines) is 1. The number of amides is 4. The molecule has 2 saturated heterocycles. The smallest absolute Gasteiger partial charge is 0.434 e. The van der Waals surface area contributed by atoms with Crippen molar-refractivity contribution in [3.63, 3.8) is 0 Å². The molecule has 1 aliphatic carbocycles. The molecule has 0 aromatic heterocycles. The van der Waals surface area contributed by atoms with Crippen LogP contribution in [0.1, 0.15) is 78.6 Å². The van der Waals surface area contributed by atoms with Crippen molar-refractivity contribution >= 4 is 64.8 Å². The van der Waals surface area contributed by atoms with Gasteiger partial charge in [-0.25, -0.2) is 4.79 Å². The molecule has 12 nitrogen and oxygen atoms in total. The van der Waals surface area contributed by atoms with Crippen LogP contribution in [0.3, 0.4) is 0 Å². The van der Waals surface area contributed by atoms with Crippen molar-refractivity contribution in [1.29, 1.82) is 0 Å². The largest absolute Gasteiger partial charge is 0.480 e. The molecular formula is C31H46N4O8S2. The van der Waals surface area contributed by atoms with Crippen molar-refractivity contribution in [3.8, 4) is 0 Å². The molecule has 2 unspecified atom stereocenters. The highest BCUT2D eigenvalue weighted by atomic mass is 32.2. The zero-order valence-electron chi connectivity index (χ0n) is 26.4. The minimum absolute atomic E-state index is 0.0742. The van der Waals surface area contributed by atoms with Gasteiger partial charge >= 0.3 is 12.1 Å². The molecule has 3 N–H and O–H groups in total. The number of aliphatic imine (C=N–C) groups is 1. The number of thioether (sulfide) groups is 2. The van der Waals surface area contributed by atoms with E-state index in [0.29, 0.717) is 25.7 Å². The number of nitrogens with zero attached hydrogens (tertiary/aromatic N) is 2. The number of rotatable bonds is 13. The van der Waals surface area contributed by atoms with Crippen LogP contribution in [0, 0.1) is 11.8 Å². The van der Waals surface area contributed by atoms with E-state index in [-0.39, 0.29) is 37.1 Å². The normalized spacial score (nSPS) is 21.4. The van der Waals surface area contributed by atoms with Crippen molar-refractivity contribution in [2.24, 2.45) is 16.8 Å². The number of carboxylic acids is 1. The highest BCUT2D eigenvalue weighted by molar-refractivity contribution is 8.18. The van der Waals surface area contributed by atoms with Gasteiger partial charge in [-0.1, -0.05) is 51.7 Å². The van der Waals surface area contributed by atoms with Crippen LogP contribution in [-0.2, 0) is 28.7 Å². The molecule has 45 heavy (non-hydrogen) atoms. The summed E-state index contributed by atoms with van der Waals surface area (Å²) in [6.07, 6.45) is 5.30. The lowest BCUT2D eigenvalue weighted by Crippen LogP contribution is -2.54. The molecule has 2 aliphatic heterocycles. The lowest BCUT2D eigenvalue weighted by molar-refractivity contribution is -0.143. The minimum atomic E-state index is -1.30. The molecule has 3 atom stereocenters. The first-order valence-electron chi connectivity index (χ1n) is 15.7. The Morgan fingerprint density at radius 1 is 1.09 bits per heavy atom. The number of nitrogens with one attached hydrogen (secondary N) is 2. The van der Waals surface area contributed by atoms with Crippen LogP contribution < -0.4 is 10.6 Å². The van der Waals surface area contributed by atoms with E-state index in [4.69, 9.17) is 9.84 Å². The van der Waals surface area contributed by atoms with E-state index in [0.717, 1.165) is 42.8 Å². The predicted molar refractivity (Wildman–Crippen MR) is 174 cm³/mol. The van der Waals surface area contributed by atoms with Gasteiger partial charge in [-0.2, -0.15) is 4.99 Å². The number of carboxylic acid groups (broad SMARTS) is 1. The summed E-state index contributed by atoms with van der Waals surface area (Å²) in [4.78, 5) is 83.0. The third-order valence-corrected chi connectivity index (χ3v) is 11.8. The van der Waals surface area contributed by atoms with Gasteiger partial charge in [-0.05, 0) is 44.1 Å². The average Bonchev–Trinajstić information content (AvgIpc) is 3.39. The number of hydrogen-bond donors (Lipinski definition) is 3. The molecule has 0 bridgehead atoms. The summed E-state index contributed by atoms with van der Waals surface area (Å²) < 4.78 is 4.95. The van der Waals surface area contributed by atoms with E-state index in [1.807, 2.05) is 13.8 Å². The van der Waals surface area contributed by atoms with Gasteiger partial charge in [0.1, 0.15) is 18.3 Å². The number of hydrogen-bond acceptors (Lipinski definition) is 9. The van der Waals surface area contributed by atoms with E-state index in [2.05, 4.69) is 22.2 Å². The summed E-state index contributed by atoms with van der Waals surface area (Å²) in [5.41, 5.74) is 0.950. The van der Waals surface area contributed by atoms with Gasteiger partial charge in [0.05, 0.1) is 16.7 Å². The molecule has 1 saturated carbocycles. The first-order valence-corrected chi connectivity index (χ1v) is 17.7. The van der Waals surface area contributed by atoms with E-state index in [1.54, 1.807) is 30.4 Å². The number of carbonyl (C=O) groups is 6. The molecule has 14 heteroatoms. The fourth-order valence-corrected chi connectivity index (χ4v) is 9.00. The third kappa shape index (κ3) is 10.3. The summed E-state index contributed by atoms with van der Waals surface area (Å²) in [6, 6.07) is -2.15. The molecule has 4 amide bonds. The SMILES string of the molecule is C=C(C)C(C)COC(=O)/N=C(/C(=O)N1CC2(C[C@H]1C(=O)NC(CCC)C(=O)C(=O)NCC(=O)O)SCCCS2)C1CCCCC1. The van der Waals surface area contributed by atoms with Crippen LogP contribution in [0.5, 0.6) is 0 Å². The Kier molecular flexibility index (Phi) is 14.0. The quantitative estimate of drug-likeness (QED) is 0.150. The Labute approximate surface area is 273 Å². The van der Waals surface area contributed by atoms with Gasteiger partial charge in [0.15, 0.2) is 0 Å². The molecule has 250 valence electrons. The topological polar surface area (TPSA) is 172 Å². The van der Waals surface area contributed by atoms with Gasteiger partial charge in [-0.15, -0.1) is 23.5 Å². The molecule has 2 heterocycles. The van der Waals surface area contributed by atoms with Gasteiger partial charge in [0.2, 0.25) is 11.7 Å². The highest BCUT2D eigenvalue weighted by Gasteiger charge is 2.52. The Morgan fingerprint density at radius 2 is 1.76 bits per heavy atom. The Hall–Kier alpha value is -2.87. The van der Waals surface area contributed by atoms with Crippen LogP contribution in [0.2, 0.25) is 0 Å². The van der Waals surface area contributed by atoms with Crippen molar-refractivity contribution in [2.75, 3.05) is 31.2 Å².